The first-order chi connectivity index (χ1) is 30.1. The average molecular weight is 789 g/mol. The number of hydrogen-bond acceptors (Lipinski definition) is 0. The van der Waals surface area contributed by atoms with E-state index in [1.807, 2.05) is 0 Å². The molecular weight excluding hydrogens is 749 g/mol. The topological polar surface area (TPSA) is 0 Å². The Bertz CT molecular complexity index is 3620. The highest BCUT2D eigenvalue weighted by Crippen LogP contribution is 3.20. The van der Waals surface area contributed by atoms with Crippen molar-refractivity contribution in [2.45, 2.75) is 35.0 Å². The van der Waals surface area contributed by atoms with Gasteiger partial charge in [-0.3, -0.25) is 0 Å². The highest BCUT2D eigenvalue weighted by atomic mass is 28.4. The number of fused-ring (bicyclic) bond motifs is 9. The molecule has 10 aromatic carbocycles. The molecular formula is C60H40Si. The van der Waals surface area contributed by atoms with Gasteiger partial charge in [-0.2, -0.15) is 0 Å². The third-order valence-electron chi connectivity index (χ3n) is 16.7. The molecule has 5 unspecified atom stereocenters. The maximum Gasteiger partial charge on any atom is 0.0880 e. The Balaban J connectivity index is 1.21. The summed E-state index contributed by atoms with van der Waals surface area (Å²) < 4.78 is 0. The van der Waals surface area contributed by atoms with E-state index in [-0.39, 0.29) is 0 Å². The van der Waals surface area contributed by atoms with Gasteiger partial charge in [0.15, 0.2) is 0 Å². The number of benzene rings is 10. The third-order valence-corrected chi connectivity index (χ3v) is 24.1. The van der Waals surface area contributed by atoms with E-state index in [0.717, 1.165) is 5.54 Å². The van der Waals surface area contributed by atoms with E-state index < -0.39 is 8.07 Å². The lowest BCUT2D eigenvalue weighted by molar-refractivity contribution is 0.528. The van der Waals surface area contributed by atoms with Crippen LogP contribution in [-0.2, 0) is 5.04 Å². The number of rotatable bonds is 4. The molecule has 4 aliphatic heterocycles. The molecule has 284 valence electrons. The molecule has 5 atom stereocenters. The zero-order valence-electron chi connectivity index (χ0n) is 34.1. The monoisotopic (exact) mass is 788 g/mol. The summed E-state index contributed by atoms with van der Waals surface area (Å²) in [4.78, 5) is 0. The molecule has 3 saturated heterocycles. The second-order valence-corrected chi connectivity index (χ2v) is 23.5. The highest BCUT2D eigenvalue weighted by molar-refractivity contribution is 7.22. The molecule has 0 nitrogen and oxygen atoms in total. The molecule has 2 bridgehead atoms. The van der Waals surface area contributed by atoms with Crippen LogP contribution in [-0.4, -0.2) is 8.07 Å². The second kappa shape index (κ2) is 10.9. The molecule has 0 N–H and O–H groups in total. The van der Waals surface area contributed by atoms with Crippen molar-refractivity contribution in [1.29, 1.82) is 0 Å². The van der Waals surface area contributed by atoms with Crippen molar-refractivity contribution in [2.24, 2.45) is 0 Å². The molecule has 0 radical (unpaired) electrons. The Morgan fingerprint density at radius 3 is 1.49 bits per heavy atom. The van der Waals surface area contributed by atoms with Crippen LogP contribution in [0.4, 0.5) is 0 Å². The molecule has 1 heteroatoms. The quantitative estimate of drug-likeness (QED) is 0.123. The van der Waals surface area contributed by atoms with Crippen molar-refractivity contribution >= 4 is 40.4 Å². The molecule has 2 spiro atoms. The van der Waals surface area contributed by atoms with Crippen LogP contribution < -0.4 is 0 Å². The van der Waals surface area contributed by atoms with Crippen LogP contribution in [0.1, 0.15) is 40.3 Å². The van der Waals surface area contributed by atoms with Gasteiger partial charge in [0.05, 0.1) is 8.07 Å². The number of hydrogen-bond donors (Lipinski definition) is 0. The smallest absolute Gasteiger partial charge is 0.0622 e. The Labute approximate surface area is 356 Å². The van der Waals surface area contributed by atoms with Crippen LogP contribution in [0.2, 0.25) is 5.04 Å². The summed E-state index contributed by atoms with van der Waals surface area (Å²) in [5.74, 6) is 0. The van der Waals surface area contributed by atoms with E-state index in [4.69, 9.17) is 0 Å². The standard InChI is InChI=1S/C60H40Si/c1-35-29-30-42(40-24-13-12-23-39(35)40)54-49-31-45(36-17-6-3-7-18-36)46(37-19-8-4-9-20-37)32-51(49)55-43-26-16-27-44-56(43)58-60(59(2)57(44)61(58,59)60)53-28-15-14-25-41(53)48-34-52(55)50(54)33-47(48)38-21-10-5-11-22-38/h3-34,57-58H,1-2H3. The van der Waals surface area contributed by atoms with Gasteiger partial charge in [-0.1, -0.05) is 177 Å². The van der Waals surface area contributed by atoms with Gasteiger partial charge in [0.25, 0.3) is 0 Å². The first kappa shape index (κ1) is 33.0. The van der Waals surface area contributed by atoms with Gasteiger partial charge in [-0.05, 0) is 169 Å². The molecule has 0 aromatic heterocycles. The predicted molar refractivity (Wildman–Crippen MR) is 258 cm³/mol. The first-order valence-corrected chi connectivity index (χ1v) is 24.2. The van der Waals surface area contributed by atoms with Crippen molar-refractivity contribution in [2.75, 3.05) is 0 Å². The maximum atomic E-state index is 2.68. The Morgan fingerprint density at radius 2 is 0.869 bits per heavy atom. The molecule has 4 heterocycles. The van der Waals surface area contributed by atoms with Gasteiger partial charge >= 0.3 is 0 Å². The fourth-order valence-corrected chi connectivity index (χ4v) is 24.3. The summed E-state index contributed by atoms with van der Waals surface area (Å²) in [5.41, 5.74) is 23.7. The lowest BCUT2D eigenvalue weighted by atomic mass is 9.68. The van der Waals surface area contributed by atoms with E-state index in [1.165, 1.54) is 105 Å². The first-order valence-electron chi connectivity index (χ1n) is 22.1. The molecule has 5 aliphatic rings. The van der Waals surface area contributed by atoms with Crippen LogP contribution in [0.5, 0.6) is 0 Å². The maximum absolute atomic E-state index is 2.68. The van der Waals surface area contributed by atoms with Crippen LogP contribution in [0.15, 0.2) is 194 Å². The SMILES string of the molecule is Cc1ccc(-c2c3cc(-c4ccccc4)c(-c4ccccc4)cc3c3c4cc(c(-c5ccccc5)cc24)-c2ccccc2C24C5c6c-3cccc6C3C2(C)[Si]354)c2ccccc12. The van der Waals surface area contributed by atoms with Crippen LogP contribution in [0.25, 0.3) is 99.1 Å². The average Bonchev–Trinajstić information content (AvgIpc) is 4.19. The minimum atomic E-state index is -1.59. The largest absolute Gasteiger partial charge is 0.0880 e. The molecule has 10 aromatic rings. The summed E-state index contributed by atoms with van der Waals surface area (Å²) >= 11 is 0. The summed E-state index contributed by atoms with van der Waals surface area (Å²) in [6, 6.07) is 74.7. The van der Waals surface area contributed by atoms with Gasteiger partial charge in [-0.25, -0.2) is 0 Å². The second-order valence-electron chi connectivity index (χ2n) is 18.8. The van der Waals surface area contributed by atoms with Crippen molar-refractivity contribution in [3.8, 4) is 66.8 Å². The van der Waals surface area contributed by atoms with Gasteiger partial charge in [0.1, 0.15) is 0 Å². The van der Waals surface area contributed by atoms with Gasteiger partial charge in [0, 0.05) is 5.04 Å². The minimum absolute atomic E-state index is 0.344. The Morgan fingerprint density at radius 1 is 0.377 bits per heavy atom. The Hall–Kier alpha value is -6.80. The van der Waals surface area contributed by atoms with E-state index in [1.54, 1.807) is 16.7 Å². The summed E-state index contributed by atoms with van der Waals surface area (Å²) in [6.07, 6.45) is 0. The highest BCUT2D eigenvalue weighted by Gasteiger charge is 3.22. The summed E-state index contributed by atoms with van der Waals surface area (Å²) in [7, 11) is -1.59. The Kier molecular flexibility index (Phi) is 5.90. The normalized spacial score (nSPS) is 23.8. The molecule has 1 aliphatic carbocycles. The van der Waals surface area contributed by atoms with Crippen LogP contribution >= 0.6 is 0 Å². The fraction of sp³-hybridized carbons (Fsp3) is 0.100. The van der Waals surface area contributed by atoms with Crippen molar-refractivity contribution in [3.05, 3.63) is 216 Å². The minimum Gasteiger partial charge on any atom is -0.0622 e. The van der Waals surface area contributed by atoms with Gasteiger partial charge < -0.3 is 0 Å². The van der Waals surface area contributed by atoms with E-state index in [0.29, 0.717) is 15.6 Å². The van der Waals surface area contributed by atoms with E-state index in [2.05, 4.69) is 208 Å². The van der Waals surface area contributed by atoms with Crippen LogP contribution in [0.3, 0.4) is 0 Å². The molecule has 3 fully saturated rings. The third kappa shape index (κ3) is 3.59. The van der Waals surface area contributed by atoms with Gasteiger partial charge in [0.2, 0.25) is 0 Å². The zero-order valence-corrected chi connectivity index (χ0v) is 35.1. The lowest BCUT2D eigenvalue weighted by Gasteiger charge is -2.35. The predicted octanol–water partition coefficient (Wildman–Crippen LogP) is 15.8. The van der Waals surface area contributed by atoms with Crippen molar-refractivity contribution < 1.29 is 0 Å². The lowest BCUT2D eigenvalue weighted by Crippen LogP contribution is -2.21. The van der Waals surface area contributed by atoms with Crippen molar-refractivity contribution in [1.82, 2.24) is 0 Å². The van der Waals surface area contributed by atoms with Crippen LogP contribution in [0, 0.1) is 6.92 Å². The summed E-state index contributed by atoms with van der Waals surface area (Å²) in [5, 5.41) is 8.76. The summed E-state index contributed by atoms with van der Waals surface area (Å²) in [6.45, 7) is 4.93. The number of aryl methyl sites for hydroxylation is 1. The zero-order chi connectivity index (χ0) is 40.0. The van der Waals surface area contributed by atoms with E-state index >= 15 is 0 Å². The molecule has 61 heavy (non-hydrogen) atoms. The van der Waals surface area contributed by atoms with Crippen molar-refractivity contribution in [3.63, 3.8) is 0 Å². The van der Waals surface area contributed by atoms with Gasteiger partial charge in [-0.15, -0.1) is 0 Å². The molecule has 0 amide bonds. The molecule has 0 saturated carbocycles. The molecule has 15 rings (SSSR count). The van der Waals surface area contributed by atoms with E-state index in [9.17, 15) is 0 Å². The fourth-order valence-electron chi connectivity index (χ4n) is 14.5.